The van der Waals surface area contributed by atoms with Gasteiger partial charge in [-0.2, -0.15) is 4.98 Å². The monoisotopic (exact) mass is 175 g/mol. The summed E-state index contributed by atoms with van der Waals surface area (Å²) in [5.74, 6) is 0.623. The summed E-state index contributed by atoms with van der Waals surface area (Å²) in [6.07, 6.45) is 0. The van der Waals surface area contributed by atoms with E-state index in [9.17, 15) is 0 Å². The molecule has 66 valence electrons. The fourth-order valence-electron chi connectivity index (χ4n) is 1.13. The molecule has 0 unspecified atom stereocenters. The van der Waals surface area contributed by atoms with Crippen LogP contribution < -0.4 is 5.73 Å². The summed E-state index contributed by atoms with van der Waals surface area (Å²) in [6.45, 7) is 2.00. The van der Waals surface area contributed by atoms with E-state index >= 15 is 0 Å². The molecule has 4 nitrogen and oxygen atoms in total. The molecule has 1 heterocycles. The summed E-state index contributed by atoms with van der Waals surface area (Å²) in [6, 6.07) is 7.81. The van der Waals surface area contributed by atoms with Crippen LogP contribution >= 0.6 is 0 Å². The van der Waals surface area contributed by atoms with E-state index in [1.165, 1.54) is 0 Å². The molecule has 2 rings (SSSR count). The van der Waals surface area contributed by atoms with Gasteiger partial charge in [0.2, 0.25) is 0 Å². The van der Waals surface area contributed by atoms with Crippen molar-refractivity contribution in [2.75, 3.05) is 5.73 Å². The summed E-state index contributed by atoms with van der Waals surface area (Å²) in [7, 11) is 0. The van der Waals surface area contributed by atoms with E-state index in [0.717, 1.165) is 11.1 Å². The molecule has 13 heavy (non-hydrogen) atoms. The molecule has 0 radical (unpaired) electrons. The second-order valence-corrected chi connectivity index (χ2v) is 2.83. The van der Waals surface area contributed by atoms with Crippen LogP contribution in [0.4, 0.5) is 5.95 Å². The highest BCUT2D eigenvalue weighted by Crippen LogP contribution is 2.18. The summed E-state index contributed by atoms with van der Waals surface area (Å²) in [5.41, 5.74) is 7.38. The SMILES string of the molecule is Cc1cccc(-c2nc(N)no2)c1. The number of nitrogens with zero attached hydrogens (tertiary/aromatic N) is 2. The maximum absolute atomic E-state index is 5.34. The number of aromatic nitrogens is 2. The molecule has 4 heteroatoms. The van der Waals surface area contributed by atoms with Crippen LogP contribution in [0.3, 0.4) is 0 Å². The van der Waals surface area contributed by atoms with Crippen molar-refractivity contribution in [2.24, 2.45) is 0 Å². The number of hydrogen-bond acceptors (Lipinski definition) is 4. The maximum atomic E-state index is 5.34. The largest absolute Gasteiger partial charge is 0.365 e. The van der Waals surface area contributed by atoms with Gasteiger partial charge in [-0.05, 0) is 24.2 Å². The molecule has 0 aliphatic carbocycles. The van der Waals surface area contributed by atoms with Crippen molar-refractivity contribution in [3.8, 4) is 11.5 Å². The van der Waals surface area contributed by atoms with Gasteiger partial charge in [0.15, 0.2) is 0 Å². The zero-order chi connectivity index (χ0) is 9.26. The zero-order valence-electron chi connectivity index (χ0n) is 7.19. The number of nitrogen functional groups attached to an aromatic ring is 1. The predicted octanol–water partition coefficient (Wildman–Crippen LogP) is 1.63. The van der Waals surface area contributed by atoms with Gasteiger partial charge in [-0.1, -0.05) is 17.7 Å². The van der Waals surface area contributed by atoms with Crippen molar-refractivity contribution in [2.45, 2.75) is 6.92 Å². The van der Waals surface area contributed by atoms with Crippen molar-refractivity contribution >= 4 is 5.95 Å². The molecule has 0 amide bonds. The van der Waals surface area contributed by atoms with E-state index in [1.807, 2.05) is 31.2 Å². The minimum Gasteiger partial charge on any atom is -0.365 e. The second-order valence-electron chi connectivity index (χ2n) is 2.83. The lowest BCUT2D eigenvalue weighted by Crippen LogP contribution is -1.85. The van der Waals surface area contributed by atoms with E-state index in [-0.39, 0.29) is 5.95 Å². The van der Waals surface area contributed by atoms with Gasteiger partial charge in [-0.3, -0.25) is 0 Å². The second kappa shape index (κ2) is 2.90. The molecule has 2 N–H and O–H groups in total. The molecule has 0 spiro atoms. The predicted molar refractivity (Wildman–Crippen MR) is 48.9 cm³/mol. The van der Waals surface area contributed by atoms with Crippen molar-refractivity contribution in [1.82, 2.24) is 10.1 Å². The maximum Gasteiger partial charge on any atom is 0.261 e. The minimum atomic E-state index is 0.163. The Labute approximate surface area is 75.4 Å². The average Bonchev–Trinajstić information content (AvgIpc) is 2.52. The van der Waals surface area contributed by atoms with Crippen molar-refractivity contribution < 1.29 is 4.52 Å². The molecule has 0 atom stereocenters. The van der Waals surface area contributed by atoms with E-state index in [2.05, 4.69) is 10.1 Å². The Morgan fingerprint density at radius 2 is 2.23 bits per heavy atom. The highest BCUT2D eigenvalue weighted by atomic mass is 16.5. The van der Waals surface area contributed by atoms with Crippen molar-refractivity contribution in [3.05, 3.63) is 29.8 Å². The van der Waals surface area contributed by atoms with Crippen LogP contribution in [0.1, 0.15) is 5.56 Å². The van der Waals surface area contributed by atoms with Gasteiger partial charge in [-0.25, -0.2) is 0 Å². The summed E-state index contributed by atoms with van der Waals surface area (Å²) in [4.78, 5) is 3.92. The van der Waals surface area contributed by atoms with E-state index in [0.29, 0.717) is 5.89 Å². The highest BCUT2D eigenvalue weighted by molar-refractivity contribution is 5.54. The first-order valence-corrected chi connectivity index (χ1v) is 3.92. The normalized spacial score (nSPS) is 10.2. The van der Waals surface area contributed by atoms with Crippen LogP contribution in [0.5, 0.6) is 0 Å². The van der Waals surface area contributed by atoms with E-state index in [4.69, 9.17) is 10.3 Å². The lowest BCUT2D eigenvalue weighted by Gasteiger charge is -1.94. The van der Waals surface area contributed by atoms with Gasteiger partial charge in [0.25, 0.3) is 11.8 Å². The quantitative estimate of drug-likeness (QED) is 0.715. The van der Waals surface area contributed by atoms with Crippen LogP contribution in [-0.2, 0) is 0 Å². The van der Waals surface area contributed by atoms with E-state index < -0.39 is 0 Å². The van der Waals surface area contributed by atoms with Gasteiger partial charge < -0.3 is 10.3 Å². The number of hydrogen-bond donors (Lipinski definition) is 1. The van der Waals surface area contributed by atoms with Crippen LogP contribution in [0, 0.1) is 6.92 Å². The van der Waals surface area contributed by atoms with Crippen molar-refractivity contribution in [1.29, 1.82) is 0 Å². The number of rotatable bonds is 1. The van der Waals surface area contributed by atoms with Crippen molar-refractivity contribution in [3.63, 3.8) is 0 Å². The molecular weight excluding hydrogens is 166 g/mol. The molecule has 1 aromatic heterocycles. The number of nitrogens with two attached hydrogens (primary N) is 1. The van der Waals surface area contributed by atoms with Gasteiger partial charge in [0, 0.05) is 5.56 Å². The summed E-state index contributed by atoms with van der Waals surface area (Å²) in [5, 5.41) is 3.51. The van der Waals surface area contributed by atoms with Crippen LogP contribution in [0.25, 0.3) is 11.5 Å². The van der Waals surface area contributed by atoms with Crippen LogP contribution in [-0.4, -0.2) is 10.1 Å². The van der Waals surface area contributed by atoms with Gasteiger partial charge in [0.05, 0.1) is 0 Å². The molecule has 0 aliphatic rings. The molecule has 0 fully saturated rings. The fourth-order valence-corrected chi connectivity index (χ4v) is 1.13. The minimum absolute atomic E-state index is 0.163. The topological polar surface area (TPSA) is 64.9 Å². The summed E-state index contributed by atoms with van der Waals surface area (Å²) >= 11 is 0. The third-order valence-electron chi connectivity index (χ3n) is 1.71. The Morgan fingerprint density at radius 3 is 2.85 bits per heavy atom. The van der Waals surface area contributed by atoms with E-state index in [1.54, 1.807) is 0 Å². The van der Waals surface area contributed by atoms with Gasteiger partial charge >= 0.3 is 0 Å². The smallest absolute Gasteiger partial charge is 0.261 e. The summed E-state index contributed by atoms with van der Waals surface area (Å²) < 4.78 is 4.92. The number of benzene rings is 1. The molecule has 0 saturated carbocycles. The standard InChI is InChI=1S/C9H9N3O/c1-6-3-2-4-7(5-6)8-11-9(10)12-13-8/h2-5H,1H3,(H2,10,12). The first-order valence-electron chi connectivity index (χ1n) is 3.92. The van der Waals surface area contributed by atoms with Gasteiger partial charge in [0.1, 0.15) is 0 Å². The number of aryl methyl sites for hydroxylation is 1. The lowest BCUT2D eigenvalue weighted by atomic mass is 10.1. The molecule has 1 aromatic carbocycles. The first-order chi connectivity index (χ1) is 6.25. The first kappa shape index (κ1) is 7.79. The Balaban J connectivity index is 2.46. The Kier molecular flexibility index (Phi) is 1.73. The average molecular weight is 175 g/mol. The molecule has 2 aromatic rings. The Bertz CT molecular complexity index is 422. The lowest BCUT2D eigenvalue weighted by molar-refractivity contribution is 0.433. The zero-order valence-corrected chi connectivity index (χ0v) is 7.19. The molecule has 0 bridgehead atoms. The molecular formula is C9H9N3O. The third kappa shape index (κ3) is 1.51. The van der Waals surface area contributed by atoms with Gasteiger partial charge in [-0.15, -0.1) is 0 Å². The number of anilines is 1. The molecule has 0 aliphatic heterocycles. The molecule has 0 saturated heterocycles. The van der Waals surface area contributed by atoms with Crippen LogP contribution in [0.15, 0.2) is 28.8 Å². The Morgan fingerprint density at radius 1 is 1.38 bits per heavy atom. The Hall–Kier alpha value is -1.84. The van der Waals surface area contributed by atoms with Crippen LogP contribution in [0.2, 0.25) is 0 Å². The third-order valence-corrected chi connectivity index (χ3v) is 1.71. The highest BCUT2D eigenvalue weighted by Gasteiger charge is 2.05. The fraction of sp³-hybridized carbons (Fsp3) is 0.111.